The molecule has 0 heterocycles. The van der Waals surface area contributed by atoms with Crippen LogP contribution in [0.1, 0.15) is 51.4 Å². The number of ether oxygens (including phenoxy) is 1. The number of rotatable bonds is 2. The molecule has 2 nitrogen and oxygen atoms in total. The minimum absolute atomic E-state index is 0.142. The Morgan fingerprint density at radius 3 is 1.47 bits per heavy atom. The van der Waals surface area contributed by atoms with Crippen LogP contribution in [0.2, 0.25) is 0 Å². The van der Waals surface area contributed by atoms with Crippen LogP contribution in [-0.4, -0.2) is 23.4 Å². The van der Waals surface area contributed by atoms with Gasteiger partial charge in [-0.15, -0.1) is 0 Å². The fourth-order valence-corrected chi connectivity index (χ4v) is 4.72. The second-order valence-corrected chi connectivity index (χ2v) is 6.47. The van der Waals surface area contributed by atoms with E-state index in [1.807, 2.05) is 0 Å². The van der Waals surface area contributed by atoms with Gasteiger partial charge in [-0.3, -0.25) is 0 Å². The normalized spacial score (nSPS) is 39.6. The van der Waals surface area contributed by atoms with Crippen LogP contribution in [0.15, 0.2) is 0 Å². The van der Waals surface area contributed by atoms with Crippen molar-refractivity contribution in [3.63, 3.8) is 0 Å². The van der Waals surface area contributed by atoms with Crippen molar-refractivity contribution in [3.05, 3.63) is 0 Å². The van der Waals surface area contributed by atoms with Gasteiger partial charge in [0.05, 0.1) is 5.60 Å². The minimum Gasteiger partial charge on any atom is -0.386 e. The molecule has 0 radical (unpaired) electrons. The van der Waals surface area contributed by atoms with Gasteiger partial charge < -0.3 is 9.84 Å². The largest absolute Gasteiger partial charge is 0.386 e. The van der Waals surface area contributed by atoms with Gasteiger partial charge in [-0.05, 0) is 51.4 Å². The molecule has 2 spiro atoms. The molecule has 0 aliphatic heterocycles. The first-order valence-electron chi connectivity index (χ1n) is 6.41. The molecule has 0 aromatic carbocycles. The Labute approximate surface area is 91.0 Å². The highest BCUT2D eigenvalue weighted by Gasteiger charge is 2.84. The molecule has 1 N–H and O–H groups in total. The Balaban J connectivity index is 1.84. The van der Waals surface area contributed by atoms with E-state index in [9.17, 15) is 5.11 Å². The van der Waals surface area contributed by atoms with Gasteiger partial charge in [-0.1, -0.05) is 0 Å². The Hall–Kier alpha value is -0.0800. The summed E-state index contributed by atoms with van der Waals surface area (Å²) in [6, 6.07) is 0. The highest BCUT2D eigenvalue weighted by atomic mass is 16.5. The van der Waals surface area contributed by atoms with E-state index in [1.54, 1.807) is 7.11 Å². The zero-order valence-corrected chi connectivity index (χ0v) is 9.51. The van der Waals surface area contributed by atoms with Crippen molar-refractivity contribution in [1.29, 1.82) is 0 Å². The molecule has 0 saturated heterocycles. The molecule has 4 aliphatic rings. The molecule has 0 aromatic rings. The van der Waals surface area contributed by atoms with Crippen molar-refractivity contribution < 1.29 is 9.84 Å². The van der Waals surface area contributed by atoms with E-state index in [1.165, 1.54) is 38.5 Å². The lowest BCUT2D eigenvalue weighted by atomic mass is 9.73. The number of hydrogen-bond donors (Lipinski definition) is 1. The van der Waals surface area contributed by atoms with E-state index in [0.717, 1.165) is 12.8 Å². The highest BCUT2D eigenvalue weighted by molar-refractivity contribution is 5.34. The number of methoxy groups -OCH3 is 1. The van der Waals surface area contributed by atoms with Crippen molar-refractivity contribution >= 4 is 0 Å². The zero-order chi connectivity index (χ0) is 10.4. The Morgan fingerprint density at radius 2 is 1.20 bits per heavy atom. The molecule has 0 unspecified atom stereocenters. The smallest absolute Gasteiger partial charge is 0.105 e. The third-order valence-electron chi connectivity index (χ3n) is 6.08. The van der Waals surface area contributed by atoms with E-state index in [0.29, 0.717) is 0 Å². The standard InChI is InChI=1S/C13H20O2/c1-15-12(8-9-12)13(14)10(2-3-10)6-7-11(13)4-5-11/h14H,2-9H2,1H3. The van der Waals surface area contributed by atoms with Gasteiger partial charge in [0.2, 0.25) is 0 Å². The summed E-state index contributed by atoms with van der Waals surface area (Å²) >= 11 is 0. The Kier molecular flexibility index (Phi) is 1.29. The second kappa shape index (κ2) is 2.14. The van der Waals surface area contributed by atoms with E-state index in [-0.39, 0.29) is 16.4 Å². The van der Waals surface area contributed by atoms with E-state index in [4.69, 9.17) is 4.74 Å². The molecule has 4 aliphatic carbocycles. The van der Waals surface area contributed by atoms with E-state index < -0.39 is 5.60 Å². The fraction of sp³-hybridized carbons (Fsp3) is 1.00. The maximum Gasteiger partial charge on any atom is 0.105 e. The maximum atomic E-state index is 11.3. The van der Waals surface area contributed by atoms with Crippen LogP contribution in [-0.2, 0) is 4.74 Å². The van der Waals surface area contributed by atoms with Crippen molar-refractivity contribution in [1.82, 2.24) is 0 Å². The average Bonchev–Trinajstić information content (AvgIpc) is 3.15. The predicted molar refractivity (Wildman–Crippen MR) is 56.5 cm³/mol. The molecule has 0 amide bonds. The molecule has 4 fully saturated rings. The second-order valence-electron chi connectivity index (χ2n) is 6.47. The minimum atomic E-state index is -0.457. The summed E-state index contributed by atoms with van der Waals surface area (Å²) in [5, 5.41) is 11.3. The molecule has 0 aromatic heterocycles. The van der Waals surface area contributed by atoms with Crippen LogP contribution < -0.4 is 0 Å². The van der Waals surface area contributed by atoms with Gasteiger partial charge in [-0.25, -0.2) is 0 Å². The monoisotopic (exact) mass is 208 g/mol. The van der Waals surface area contributed by atoms with Crippen LogP contribution in [0, 0.1) is 10.8 Å². The summed E-state index contributed by atoms with van der Waals surface area (Å²) in [7, 11) is 1.80. The third-order valence-corrected chi connectivity index (χ3v) is 6.08. The summed E-state index contributed by atoms with van der Waals surface area (Å²) in [6.07, 6.45) is 9.68. The fourth-order valence-electron chi connectivity index (χ4n) is 4.72. The lowest BCUT2D eigenvalue weighted by Gasteiger charge is -2.43. The molecule has 0 atom stereocenters. The van der Waals surface area contributed by atoms with Crippen molar-refractivity contribution in [2.24, 2.45) is 10.8 Å². The van der Waals surface area contributed by atoms with Crippen LogP contribution in [0.25, 0.3) is 0 Å². The van der Waals surface area contributed by atoms with Gasteiger partial charge >= 0.3 is 0 Å². The maximum absolute atomic E-state index is 11.3. The summed E-state index contributed by atoms with van der Waals surface area (Å²) in [5.41, 5.74) is -0.0513. The van der Waals surface area contributed by atoms with Gasteiger partial charge in [0.1, 0.15) is 5.60 Å². The topological polar surface area (TPSA) is 29.5 Å². The van der Waals surface area contributed by atoms with Crippen LogP contribution in [0.3, 0.4) is 0 Å². The van der Waals surface area contributed by atoms with Gasteiger partial charge in [0, 0.05) is 17.9 Å². The SMILES string of the molecule is COC1(C2(O)C3(CC3)CCC23CC3)CC1. The molecule has 4 saturated carbocycles. The molecular weight excluding hydrogens is 188 g/mol. The first kappa shape index (κ1) is 9.00. The average molecular weight is 208 g/mol. The number of aliphatic hydroxyl groups is 1. The molecular formula is C13H20O2. The quantitative estimate of drug-likeness (QED) is 0.754. The van der Waals surface area contributed by atoms with Crippen molar-refractivity contribution in [2.75, 3.05) is 7.11 Å². The molecule has 4 rings (SSSR count). The predicted octanol–water partition coefficient (Wildman–Crippen LogP) is 2.25. The molecule has 15 heavy (non-hydrogen) atoms. The summed E-state index contributed by atoms with van der Waals surface area (Å²) in [6.45, 7) is 0. The third kappa shape index (κ3) is 0.734. The summed E-state index contributed by atoms with van der Waals surface area (Å²) < 4.78 is 5.74. The summed E-state index contributed by atoms with van der Waals surface area (Å²) in [5.74, 6) is 0. The first-order valence-corrected chi connectivity index (χ1v) is 6.41. The highest BCUT2D eigenvalue weighted by Crippen LogP contribution is 2.82. The Morgan fingerprint density at radius 1 is 0.800 bits per heavy atom. The van der Waals surface area contributed by atoms with Crippen LogP contribution in [0.4, 0.5) is 0 Å². The van der Waals surface area contributed by atoms with Crippen molar-refractivity contribution in [3.8, 4) is 0 Å². The van der Waals surface area contributed by atoms with E-state index in [2.05, 4.69) is 0 Å². The van der Waals surface area contributed by atoms with Gasteiger partial charge in [0.25, 0.3) is 0 Å². The Bertz CT molecular complexity index is 301. The van der Waals surface area contributed by atoms with Gasteiger partial charge in [0.15, 0.2) is 0 Å². The molecule has 84 valence electrons. The lowest BCUT2D eigenvalue weighted by molar-refractivity contribution is -0.173. The number of hydrogen-bond acceptors (Lipinski definition) is 2. The lowest BCUT2D eigenvalue weighted by Crippen LogP contribution is -2.55. The molecule has 2 heteroatoms. The van der Waals surface area contributed by atoms with Crippen molar-refractivity contribution in [2.45, 2.75) is 62.6 Å². The first-order chi connectivity index (χ1) is 7.14. The van der Waals surface area contributed by atoms with Gasteiger partial charge in [-0.2, -0.15) is 0 Å². The van der Waals surface area contributed by atoms with Crippen LogP contribution >= 0.6 is 0 Å². The summed E-state index contributed by atoms with van der Waals surface area (Å²) in [4.78, 5) is 0. The van der Waals surface area contributed by atoms with Crippen LogP contribution in [0.5, 0.6) is 0 Å². The zero-order valence-electron chi connectivity index (χ0n) is 9.51. The molecule has 0 bridgehead atoms. The van der Waals surface area contributed by atoms with E-state index >= 15 is 0 Å².